The van der Waals surface area contributed by atoms with Crippen LogP contribution in [0.15, 0.2) is 50.2 Å². The highest BCUT2D eigenvalue weighted by molar-refractivity contribution is 5.78. The van der Waals surface area contributed by atoms with Gasteiger partial charge in [-0.15, -0.1) is 0 Å². The maximum Gasteiger partial charge on any atom is 0.350 e. The highest BCUT2D eigenvalue weighted by Crippen LogP contribution is 2.19. The van der Waals surface area contributed by atoms with E-state index >= 15 is 0 Å². The van der Waals surface area contributed by atoms with Crippen LogP contribution in [0.1, 0.15) is 0 Å². The molecule has 0 spiro atoms. The Balaban J connectivity index is 2.36. The topological polar surface area (TPSA) is 56.2 Å². The van der Waals surface area contributed by atoms with Crippen molar-refractivity contribution in [2.45, 2.75) is 0 Å². The first-order valence-electron chi connectivity index (χ1n) is 4.89. The van der Waals surface area contributed by atoms with Crippen LogP contribution in [0.2, 0.25) is 0 Å². The minimum Gasteiger partial charge on any atom is -0.459 e. The summed E-state index contributed by atoms with van der Waals surface area (Å²) in [5, 5.41) is -0.150. The maximum absolute atomic E-state index is 13.4. The molecule has 0 fully saturated rings. The van der Waals surface area contributed by atoms with Gasteiger partial charge in [0, 0.05) is 0 Å². The van der Waals surface area contributed by atoms with Gasteiger partial charge >= 0.3 is 5.63 Å². The van der Waals surface area contributed by atoms with Gasteiger partial charge in [0.25, 0.3) is 5.89 Å². The minimum absolute atomic E-state index is 0.0399. The molecule has 2 heterocycles. The van der Waals surface area contributed by atoms with Crippen LogP contribution in [0.4, 0.5) is 4.39 Å². The van der Waals surface area contributed by atoms with Crippen molar-refractivity contribution in [1.82, 2.24) is 4.98 Å². The first-order valence-corrected chi connectivity index (χ1v) is 4.89. The molecule has 0 bridgehead atoms. The number of fused-ring (bicyclic) bond motifs is 1. The summed E-state index contributed by atoms with van der Waals surface area (Å²) in [6, 6.07) is 7.47. The van der Waals surface area contributed by atoms with Crippen molar-refractivity contribution in [1.29, 1.82) is 0 Å². The molecule has 0 atom stereocenters. The molecule has 2 aromatic heterocycles. The first-order chi connectivity index (χ1) is 8.25. The average molecular weight is 231 g/mol. The van der Waals surface area contributed by atoms with Crippen molar-refractivity contribution >= 4 is 10.9 Å². The van der Waals surface area contributed by atoms with Gasteiger partial charge in [-0.25, -0.2) is 14.2 Å². The maximum atomic E-state index is 13.4. The monoisotopic (exact) mass is 231 g/mol. The number of hydrogen-bond acceptors (Lipinski definition) is 4. The molecule has 0 amide bonds. The quantitative estimate of drug-likeness (QED) is 0.645. The van der Waals surface area contributed by atoms with Crippen LogP contribution in [0, 0.1) is 5.82 Å². The third-order valence-electron chi connectivity index (χ3n) is 2.34. The van der Waals surface area contributed by atoms with Gasteiger partial charge in [-0.3, -0.25) is 0 Å². The summed E-state index contributed by atoms with van der Waals surface area (Å²) >= 11 is 0. The number of aromatic nitrogens is 1. The van der Waals surface area contributed by atoms with Gasteiger partial charge < -0.3 is 8.83 Å². The molecule has 0 aliphatic carbocycles. The molecular weight excluding hydrogens is 225 g/mol. The lowest BCUT2D eigenvalue weighted by Gasteiger charge is -1.99. The summed E-state index contributed by atoms with van der Waals surface area (Å²) in [5.74, 6) is -0.277. The number of furan rings is 1. The second-order valence-corrected chi connectivity index (χ2v) is 3.42. The fraction of sp³-hybridized carbons (Fsp3) is 0. The van der Waals surface area contributed by atoms with Gasteiger partial charge in [0.15, 0.2) is 5.76 Å². The standard InChI is InChI=1S/C12H6FNO3/c13-7-3-1-4-8-10(7)12(15)17-11(14-8)9-5-2-6-16-9/h1-6H. The Morgan fingerprint density at radius 2 is 2.06 bits per heavy atom. The predicted octanol–water partition coefficient (Wildman–Crippen LogP) is 2.59. The van der Waals surface area contributed by atoms with E-state index < -0.39 is 11.4 Å². The Kier molecular flexibility index (Phi) is 2.04. The zero-order valence-electron chi connectivity index (χ0n) is 8.51. The van der Waals surface area contributed by atoms with Gasteiger partial charge in [0.1, 0.15) is 11.2 Å². The average Bonchev–Trinajstić information content (AvgIpc) is 2.81. The smallest absolute Gasteiger partial charge is 0.350 e. The summed E-state index contributed by atoms with van der Waals surface area (Å²) in [6.45, 7) is 0. The van der Waals surface area contributed by atoms with Crippen LogP contribution in [0.5, 0.6) is 0 Å². The Labute approximate surface area is 94.3 Å². The third kappa shape index (κ3) is 1.52. The minimum atomic E-state index is -0.764. The molecule has 0 unspecified atom stereocenters. The number of nitrogens with zero attached hydrogens (tertiary/aromatic N) is 1. The van der Waals surface area contributed by atoms with Crippen LogP contribution in [0.25, 0.3) is 22.6 Å². The number of halogens is 1. The lowest BCUT2D eigenvalue weighted by Crippen LogP contribution is -2.04. The summed E-state index contributed by atoms with van der Waals surface area (Å²) in [7, 11) is 0. The lowest BCUT2D eigenvalue weighted by atomic mass is 10.2. The van der Waals surface area contributed by atoms with Crippen molar-refractivity contribution in [3.05, 3.63) is 52.8 Å². The van der Waals surface area contributed by atoms with Gasteiger partial charge in [-0.1, -0.05) is 6.07 Å². The largest absolute Gasteiger partial charge is 0.459 e. The van der Waals surface area contributed by atoms with Crippen molar-refractivity contribution in [2.75, 3.05) is 0 Å². The van der Waals surface area contributed by atoms with Crippen LogP contribution >= 0.6 is 0 Å². The summed E-state index contributed by atoms with van der Waals surface area (Å²) < 4.78 is 23.4. The Hall–Kier alpha value is -2.43. The number of rotatable bonds is 1. The van der Waals surface area contributed by atoms with Crippen molar-refractivity contribution in [3.63, 3.8) is 0 Å². The van der Waals surface area contributed by atoms with Crippen LogP contribution < -0.4 is 5.63 Å². The van der Waals surface area contributed by atoms with Crippen LogP contribution in [0.3, 0.4) is 0 Å². The SMILES string of the molecule is O=c1oc(-c2ccco2)nc2cccc(F)c12. The first kappa shape index (κ1) is 9.77. The molecule has 5 heteroatoms. The van der Waals surface area contributed by atoms with E-state index in [1.807, 2.05) is 0 Å². The summed E-state index contributed by atoms with van der Waals surface area (Å²) in [5.41, 5.74) is -0.521. The van der Waals surface area contributed by atoms with Crippen molar-refractivity contribution in [3.8, 4) is 11.7 Å². The fourth-order valence-electron chi connectivity index (χ4n) is 1.58. The molecular formula is C12H6FNO3. The van der Waals surface area contributed by atoms with E-state index in [9.17, 15) is 9.18 Å². The molecule has 0 saturated heterocycles. The normalized spacial score (nSPS) is 10.9. The number of benzene rings is 1. The second-order valence-electron chi connectivity index (χ2n) is 3.42. The predicted molar refractivity (Wildman–Crippen MR) is 57.9 cm³/mol. The molecule has 3 aromatic rings. The zero-order valence-corrected chi connectivity index (χ0v) is 8.51. The van der Waals surface area contributed by atoms with E-state index in [1.165, 1.54) is 18.4 Å². The van der Waals surface area contributed by atoms with Crippen LogP contribution in [-0.2, 0) is 0 Å². The van der Waals surface area contributed by atoms with E-state index in [1.54, 1.807) is 18.2 Å². The molecule has 17 heavy (non-hydrogen) atoms. The van der Waals surface area contributed by atoms with Crippen molar-refractivity contribution < 1.29 is 13.2 Å². The lowest BCUT2D eigenvalue weighted by molar-refractivity contribution is 0.479. The fourth-order valence-corrected chi connectivity index (χ4v) is 1.58. The highest BCUT2D eigenvalue weighted by Gasteiger charge is 2.12. The molecule has 84 valence electrons. The van der Waals surface area contributed by atoms with Gasteiger partial charge in [-0.2, -0.15) is 0 Å². The molecule has 0 N–H and O–H groups in total. The van der Waals surface area contributed by atoms with E-state index in [0.29, 0.717) is 5.76 Å². The molecule has 0 aliphatic heterocycles. The van der Waals surface area contributed by atoms with E-state index in [-0.39, 0.29) is 16.8 Å². The molecule has 0 saturated carbocycles. The second kappa shape index (κ2) is 3.55. The third-order valence-corrected chi connectivity index (χ3v) is 2.34. The van der Waals surface area contributed by atoms with Gasteiger partial charge in [0.2, 0.25) is 0 Å². The van der Waals surface area contributed by atoms with E-state index in [0.717, 1.165) is 0 Å². The molecule has 0 radical (unpaired) electrons. The molecule has 1 aromatic carbocycles. The van der Waals surface area contributed by atoms with Crippen LogP contribution in [-0.4, -0.2) is 4.98 Å². The summed E-state index contributed by atoms with van der Waals surface area (Å²) in [4.78, 5) is 15.7. The van der Waals surface area contributed by atoms with Crippen molar-refractivity contribution in [2.24, 2.45) is 0 Å². The Morgan fingerprint density at radius 1 is 1.18 bits per heavy atom. The van der Waals surface area contributed by atoms with E-state index in [4.69, 9.17) is 8.83 Å². The van der Waals surface area contributed by atoms with Gasteiger partial charge in [-0.05, 0) is 24.3 Å². The molecule has 0 aliphatic rings. The molecule has 4 nitrogen and oxygen atoms in total. The molecule has 3 rings (SSSR count). The highest BCUT2D eigenvalue weighted by atomic mass is 19.1. The van der Waals surface area contributed by atoms with Gasteiger partial charge in [0.05, 0.1) is 11.8 Å². The summed E-state index contributed by atoms with van der Waals surface area (Å²) in [6.07, 6.45) is 1.44. The number of hydrogen-bond donors (Lipinski definition) is 0. The zero-order chi connectivity index (χ0) is 11.8. The Morgan fingerprint density at radius 3 is 2.82 bits per heavy atom. The van der Waals surface area contributed by atoms with E-state index in [2.05, 4.69) is 4.98 Å². The Bertz CT molecular complexity index is 731.